The van der Waals surface area contributed by atoms with Gasteiger partial charge in [0.1, 0.15) is 0 Å². The molecule has 3 fully saturated rings. The average Bonchev–Trinajstić information content (AvgIpc) is 2.99. The Labute approximate surface area is 116 Å². The van der Waals surface area contributed by atoms with E-state index in [0.29, 0.717) is 18.0 Å². The third-order valence-corrected chi connectivity index (χ3v) is 5.34. The van der Waals surface area contributed by atoms with Crippen LogP contribution in [0, 0.1) is 5.92 Å². The smallest absolute Gasteiger partial charge is 0.409 e. The molecule has 2 saturated heterocycles. The van der Waals surface area contributed by atoms with E-state index in [0.717, 1.165) is 13.0 Å². The molecule has 0 radical (unpaired) electrons. The van der Waals surface area contributed by atoms with E-state index in [1.807, 2.05) is 4.90 Å². The summed E-state index contributed by atoms with van der Waals surface area (Å²) in [5.74, 6) is 0.680. The Kier molecular flexibility index (Phi) is 3.96. The van der Waals surface area contributed by atoms with Crippen LogP contribution in [0.3, 0.4) is 0 Å². The first-order chi connectivity index (χ1) is 9.31. The summed E-state index contributed by atoms with van der Waals surface area (Å²) in [6.07, 6.45) is 8.79. The van der Waals surface area contributed by atoms with Crippen molar-refractivity contribution in [1.82, 2.24) is 9.80 Å². The van der Waals surface area contributed by atoms with Crippen LogP contribution in [0.2, 0.25) is 0 Å². The maximum Gasteiger partial charge on any atom is 0.409 e. The number of likely N-dealkylation sites (tertiary alicyclic amines) is 2. The van der Waals surface area contributed by atoms with Crippen molar-refractivity contribution in [3.8, 4) is 0 Å². The number of amides is 1. The Morgan fingerprint density at radius 2 is 1.68 bits per heavy atom. The van der Waals surface area contributed by atoms with Gasteiger partial charge in [-0.25, -0.2) is 4.79 Å². The lowest BCUT2D eigenvalue weighted by molar-refractivity contribution is 0.00465. The molecule has 0 spiro atoms. The lowest BCUT2D eigenvalue weighted by Crippen LogP contribution is -2.56. The summed E-state index contributed by atoms with van der Waals surface area (Å²) < 4.78 is 4.97. The molecule has 4 heteroatoms. The molecule has 2 aliphatic heterocycles. The van der Waals surface area contributed by atoms with Gasteiger partial charge in [-0.2, -0.15) is 0 Å². The maximum atomic E-state index is 11.9. The van der Waals surface area contributed by atoms with Gasteiger partial charge in [0.2, 0.25) is 0 Å². The highest BCUT2D eigenvalue weighted by atomic mass is 16.5. The second-order valence-electron chi connectivity index (χ2n) is 6.28. The van der Waals surface area contributed by atoms with Crippen LogP contribution in [0.4, 0.5) is 4.79 Å². The zero-order valence-electron chi connectivity index (χ0n) is 12.0. The number of ether oxygens (including phenoxy) is 1. The van der Waals surface area contributed by atoms with E-state index in [1.54, 1.807) is 0 Å². The SMILES string of the molecule is COC(=O)N1CCC[C@H]2[C@H](N3CCCC3)CCC[C@H]21. The van der Waals surface area contributed by atoms with E-state index in [2.05, 4.69) is 4.90 Å². The summed E-state index contributed by atoms with van der Waals surface area (Å²) in [6.45, 7) is 3.43. The van der Waals surface area contributed by atoms with Gasteiger partial charge in [-0.05, 0) is 64.0 Å². The summed E-state index contributed by atoms with van der Waals surface area (Å²) in [5, 5.41) is 0. The van der Waals surface area contributed by atoms with E-state index in [1.165, 1.54) is 58.7 Å². The molecular weight excluding hydrogens is 240 g/mol. The summed E-state index contributed by atoms with van der Waals surface area (Å²) in [5.41, 5.74) is 0. The molecule has 108 valence electrons. The van der Waals surface area contributed by atoms with Crippen molar-refractivity contribution in [2.45, 2.75) is 57.0 Å². The number of hydrogen-bond acceptors (Lipinski definition) is 3. The molecule has 3 rings (SSSR count). The van der Waals surface area contributed by atoms with E-state index < -0.39 is 0 Å². The first kappa shape index (κ1) is 13.2. The molecule has 0 aromatic heterocycles. The Bertz CT molecular complexity index is 328. The second kappa shape index (κ2) is 5.70. The third-order valence-electron chi connectivity index (χ3n) is 5.34. The van der Waals surface area contributed by atoms with Crippen LogP contribution in [0.5, 0.6) is 0 Å². The van der Waals surface area contributed by atoms with Crippen molar-refractivity contribution >= 4 is 6.09 Å². The molecule has 0 aromatic carbocycles. The van der Waals surface area contributed by atoms with Crippen LogP contribution < -0.4 is 0 Å². The fourth-order valence-corrected chi connectivity index (χ4v) is 4.53. The number of carbonyl (C=O) groups excluding carboxylic acids is 1. The highest BCUT2D eigenvalue weighted by Crippen LogP contribution is 2.39. The Balaban J connectivity index is 1.74. The van der Waals surface area contributed by atoms with Gasteiger partial charge in [0.05, 0.1) is 7.11 Å². The zero-order chi connectivity index (χ0) is 13.2. The molecule has 0 aromatic rings. The van der Waals surface area contributed by atoms with Gasteiger partial charge in [0.25, 0.3) is 0 Å². The lowest BCUT2D eigenvalue weighted by atomic mass is 9.74. The number of carbonyl (C=O) groups is 1. The van der Waals surface area contributed by atoms with E-state index in [-0.39, 0.29) is 6.09 Å². The predicted molar refractivity (Wildman–Crippen MR) is 74.1 cm³/mol. The normalized spacial score (nSPS) is 36.1. The van der Waals surface area contributed by atoms with Gasteiger partial charge in [-0.3, -0.25) is 0 Å². The van der Waals surface area contributed by atoms with Crippen LogP contribution in [0.25, 0.3) is 0 Å². The molecule has 19 heavy (non-hydrogen) atoms. The maximum absolute atomic E-state index is 11.9. The second-order valence-corrected chi connectivity index (χ2v) is 6.28. The lowest BCUT2D eigenvalue weighted by Gasteiger charge is -2.49. The first-order valence-corrected chi connectivity index (χ1v) is 7.90. The van der Waals surface area contributed by atoms with Crippen LogP contribution in [0.15, 0.2) is 0 Å². The molecule has 1 amide bonds. The highest BCUT2D eigenvalue weighted by molar-refractivity contribution is 5.68. The Hall–Kier alpha value is -0.770. The molecule has 2 heterocycles. The summed E-state index contributed by atoms with van der Waals surface area (Å²) >= 11 is 0. The standard InChI is InChI=1S/C15H26N2O2/c1-19-15(18)17-11-5-6-12-13(7-4-8-14(12)17)16-9-2-3-10-16/h12-14H,2-11H2,1H3/t12-,13+,14+/m0/s1. The molecule has 0 unspecified atom stereocenters. The van der Waals surface area contributed by atoms with Gasteiger partial charge in [0.15, 0.2) is 0 Å². The molecule has 3 aliphatic rings. The molecule has 0 N–H and O–H groups in total. The number of methoxy groups -OCH3 is 1. The van der Waals surface area contributed by atoms with Crippen LogP contribution >= 0.6 is 0 Å². The molecule has 4 nitrogen and oxygen atoms in total. The highest BCUT2D eigenvalue weighted by Gasteiger charge is 2.43. The number of fused-ring (bicyclic) bond motifs is 1. The van der Waals surface area contributed by atoms with Gasteiger partial charge in [-0.15, -0.1) is 0 Å². The van der Waals surface area contributed by atoms with Gasteiger partial charge < -0.3 is 14.5 Å². The molecule has 1 saturated carbocycles. The topological polar surface area (TPSA) is 32.8 Å². The van der Waals surface area contributed by atoms with E-state index in [9.17, 15) is 4.79 Å². The van der Waals surface area contributed by atoms with Crippen molar-refractivity contribution in [2.24, 2.45) is 5.92 Å². The summed E-state index contributed by atoms with van der Waals surface area (Å²) in [4.78, 5) is 16.6. The number of rotatable bonds is 1. The number of hydrogen-bond donors (Lipinski definition) is 0. The van der Waals surface area contributed by atoms with Gasteiger partial charge >= 0.3 is 6.09 Å². The van der Waals surface area contributed by atoms with Crippen LogP contribution in [0.1, 0.15) is 44.9 Å². The Morgan fingerprint density at radius 3 is 2.42 bits per heavy atom. The van der Waals surface area contributed by atoms with Crippen molar-refractivity contribution < 1.29 is 9.53 Å². The zero-order valence-corrected chi connectivity index (χ0v) is 12.0. The molecule has 3 atom stereocenters. The minimum absolute atomic E-state index is 0.114. The number of nitrogens with zero attached hydrogens (tertiary/aromatic N) is 2. The Morgan fingerprint density at radius 1 is 0.947 bits per heavy atom. The minimum Gasteiger partial charge on any atom is -0.453 e. The summed E-state index contributed by atoms with van der Waals surface area (Å²) in [7, 11) is 1.51. The minimum atomic E-state index is -0.114. The fourth-order valence-electron chi connectivity index (χ4n) is 4.53. The quantitative estimate of drug-likeness (QED) is 0.731. The van der Waals surface area contributed by atoms with E-state index >= 15 is 0 Å². The number of piperidine rings is 1. The molecule has 0 bridgehead atoms. The summed E-state index contributed by atoms with van der Waals surface area (Å²) in [6, 6.07) is 1.15. The monoisotopic (exact) mass is 266 g/mol. The van der Waals surface area contributed by atoms with Crippen molar-refractivity contribution in [3.63, 3.8) is 0 Å². The van der Waals surface area contributed by atoms with Crippen molar-refractivity contribution in [1.29, 1.82) is 0 Å². The fraction of sp³-hybridized carbons (Fsp3) is 0.933. The third kappa shape index (κ3) is 2.47. The average molecular weight is 266 g/mol. The van der Waals surface area contributed by atoms with E-state index in [4.69, 9.17) is 4.74 Å². The first-order valence-electron chi connectivity index (χ1n) is 7.90. The van der Waals surface area contributed by atoms with Gasteiger partial charge in [-0.1, -0.05) is 0 Å². The van der Waals surface area contributed by atoms with Crippen LogP contribution in [-0.4, -0.2) is 54.7 Å². The van der Waals surface area contributed by atoms with Crippen LogP contribution in [-0.2, 0) is 4.74 Å². The van der Waals surface area contributed by atoms with Gasteiger partial charge in [0, 0.05) is 18.6 Å². The molecular formula is C15H26N2O2. The predicted octanol–water partition coefficient (Wildman–Crippen LogP) is 2.48. The molecule has 1 aliphatic carbocycles. The van der Waals surface area contributed by atoms with Crippen molar-refractivity contribution in [3.05, 3.63) is 0 Å². The largest absolute Gasteiger partial charge is 0.453 e. The van der Waals surface area contributed by atoms with Crippen molar-refractivity contribution in [2.75, 3.05) is 26.7 Å².